The number of esters is 1. The maximum atomic E-state index is 12.9. The van der Waals surface area contributed by atoms with Crippen LogP contribution in [0.5, 0.6) is 11.5 Å². The Bertz CT molecular complexity index is 1080. The number of rotatable bonds is 8. The van der Waals surface area contributed by atoms with Crippen LogP contribution in [0.4, 0.5) is 10.5 Å². The van der Waals surface area contributed by atoms with Crippen molar-refractivity contribution < 1.29 is 23.8 Å². The van der Waals surface area contributed by atoms with Crippen molar-refractivity contribution in [2.24, 2.45) is 0 Å². The minimum absolute atomic E-state index is 0.360. The summed E-state index contributed by atoms with van der Waals surface area (Å²) in [6, 6.07) is 14.4. The van der Waals surface area contributed by atoms with Crippen molar-refractivity contribution >= 4 is 17.7 Å². The van der Waals surface area contributed by atoms with Crippen molar-refractivity contribution in [2.75, 3.05) is 58.5 Å². The molecule has 1 saturated heterocycles. The van der Waals surface area contributed by atoms with Crippen molar-refractivity contribution in [3.05, 3.63) is 65.4 Å². The first-order chi connectivity index (χ1) is 17.0. The summed E-state index contributed by atoms with van der Waals surface area (Å²) in [4.78, 5) is 30.1. The molecule has 0 aliphatic carbocycles. The summed E-state index contributed by atoms with van der Waals surface area (Å²) in [5, 5.41) is 5.73. The lowest BCUT2D eigenvalue weighted by Gasteiger charge is -2.38. The summed E-state index contributed by atoms with van der Waals surface area (Å²) in [6.07, 6.45) is 0. The molecule has 2 heterocycles. The molecule has 2 aliphatic rings. The molecule has 186 valence electrons. The van der Waals surface area contributed by atoms with Crippen LogP contribution in [0.2, 0.25) is 0 Å². The number of carbonyl (C=O) groups excluding carboxylic acids is 2. The molecule has 1 atom stereocenters. The predicted molar refractivity (Wildman–Crippen MR) is 133 cm³/mol. The van der Waals surface area contributed by atoms with Crippen LogP contribution in [-0.4, -0.2) is 70.5 Å². The fraction of sp³-hybridized carbons (Fsp3) is 0.385. The van der Waals surface area contributed by atoms with E-state index in [2.05, 4.69) is 32.6 Å². The summed E-state index contributed by atoms with van der Waals surface area (Å²) in [5.41, 5.74) is 2.79. The molecule has 2 amide bonds. The highest BCUT2D eigenvalue weighted by Crippen LogP contribution is 2.34. The molecular weight excluding hydrogens is 448 g/mol. The molecule has 2 aromatic rings. The van der Waals surface area contributed by atoms with Gasteiger partial charge in [-0.25, -0.2) is 9.59 Å². The number of piperazine rings is 1. The second-order valence-electron chi connectivity index (χ2n) is 8.35. The van der Waals surface area contributed by atoms with Crippen molar-refractivity contribution in [3.63, 3.8) is 0 Å². The lowest BCUT2D eigenvalue weighted by atomic mass is 9.94. The molecule has 2 aromatic carbocycles. The number of hydrogen-bond acceptors (Lipinski definition) is 7. The zero-order valence-electron chi connectivity index (χ0n) is 20.4. The van der Waals surface area contributed by atoms with Gasteiger partial charge in [0, 0.05) is 49.7 Å². The van der Waals surface area contributed by atoms with Gasteiger partial charge in [0.25, 0.3) is 0 Å². The number of ether oxygens (including phenoxy) is 3. The first-order valence-corrected chi connectivity index (χ1v) is 11.8. The second kappa shape index (κ2) is 11.1. The fourth-order valence-electron chi connectivity index (χ4n) is 4.51. The van der Waals surface area contributed by atoms with E-state index in [0.717, 1.165) is 37.6 Å². The lowest BCUT2D eigenvalue weighted by molar-refractivity contribution is -0.136. The monoisotopic (exact) mass is 480 g/mol. The summed E-state index contributed by atoms with van der Waals surface area (Å²) < 4.78 is 16.1. The zero-order chi connectivity index (χ0) is 24.8. The van der Waals surface area contributed by atoms with Gasteiger partial charge in [-0.15, -0.1) is 0 Å². The third-order valence-corrected chi connectivity index (χ3v) is 6.28. The number of urea groups is 1. The molecule has 0 saturated carbocycles. The Morgan fingerprint density at radius 1 is 1.03 bits per heavy atom. The summed E-state index contributed by atoms with van der Waals surface area (Å²) >= 11 is 0. The number of benzene rings is 2. The van der Waals surface area contributed by atoms with E-state index in [1.54, 1.807) is 7.11 Å². The third-order valence-electron chi connectivity index (χ3n) is 6.28. The second-order valence-corrected chi connectivity index (χ2v) is 8.35. The van der Waals surface area contributed by atoms with E-state index in [4.69, 9.17) is 14.2 Å². The molecule has 9 nitrogen and oxygen atoms in total. The molecule has 0 radical (unpaired) electrons. The van der Waals surface area contributed by atoms with Crippen LogP contribution in [0.25, 0.3) is 0 Å². The zero-order valence-corrected chi connectivity index (χ0v) is 20.4. The standard InChI is InChI=1S/C26H32N4O5/c1-4-35-22-8-6-5-7-20(22)24-23(25(31)34-3)21(27-26(32)28-24)17-29-13-15-30(16-14-29)18-9-11-19(33-2)12-10-18/h5-12,24H,4,13-17H2,1-3H3,(H2,27,28,32)/t24-/m0/s1. The highest BCUT2D eigenvalue weighted by atomic mass is 16.5. The van der Waals surface area contributed by atoms with Crippen molar-refractivity contribution in [2.45, 2.75) is 13.0 Å². The number of methoxy groups -OCH3 is 2. The maximum absolute atomic E-state index is 12.9. The molecule has 2 N–H and O–H groups in total. The lowest BCUT2D eigenvalue weighted by Crippen LogP contribution is -2.51. The van der Waals surface area contributed by atoms with Gasteiger partial charge in [0.2, 0.25) is 0 Å². The number of carbonyl (C=O) groups is 2. The SMILES string of the molecule is CCOc1ccccc1[C@@H]1NC(=O)NC(CN2CCN(c3ccc(OC)cc3)CC2)=C1C(=O)OC. The van der Waals surface area contributed by atoms with Crippen molar-refractivity contribution in [1.29, 1.82) is 0 Å². The number of nitrogens with zero attached hydrogens (tertiary/aromatic N) is 2. The summed E-state index contributed by atoms with van der Waals surface area (Å²) in [5.74, 6) is 0.966. The van der Waals surface area contributed by atoms with Gasteiger partial charge in [-0.3, -0.25) is 4.90 Å². The van der Waals surface area contributed by atoms with E-state index in [1.165, 1.54) is 7.11 Å². The Morgan fingerprint density at radius 2 is 1.74 bits per heavy atom. The molecule has 2 aliphatic heterocycles. The number of para-hydroxylation sites is 1. The van der Waals surface area contributed by atoms with Crippen LogP contribution in [0, 0.1) is 0 Å². The molecule has 0 bridgehead atoms. The van der Waals surface area contributed by atoms with Gasteiger partial charge < -0.3 is 29.7 Å². The quantitative estimate of drug-likeness (QED) is 0.562. The normalized spacial score (nSPS) is 18.5. The molecule has 0 spiro atoms. The number of hydrogen-bond donors (Lipinski definition) is 2. The molecule has 1 fully saturated rings. The first-order valence-electron chi connectivity index (χ1n) is 11.8. The fourth-order valence-corrected chi connectivity index (χ4v) is 4.51. The number of nitrogens with one attached hydrogen (secondary N) is 2. The topological polar surface area (TPSA) is 92.4 Å². The van der Waals surface area contributed by atoms with Crippen LogP contribution < -0.4 is 25.0 Å². The van der Waals surface area contributed by atoms with Gasteiger partial charge in [0.1, 0.15) is 11.5 Å². The Balaban J connectivity index is 1.55. The molecule has 4 rings (SSSR count). The molecule has 9 heteroatoms. The molecular formula is C26H32N4O5. The van der Waals surface area contributed by atoms with Crippen LogP contribution >= 0.6 is 0 Å². The van der Waals surface area contributed by atoms with E-state index >= 15 is 0 Å². The maximum Gasteiger partial charge on any atom is 0.338 e. The Kier molecular flexibility index (Phi) is 7.77. The predicted octanol–water partition coefficient (Wildman–Crippen LogP) is 2.70. The highest BCUT2D eigenvalue weighted by molar-refractivity contribution is 5.95. The summed E-state index contributed by atoms with van der Waals surface area (Å²) in [7, 11) is 3.01. The molecule has 35 heavy (non-hydrogen) atoms. The van der Waals surface area contributed by atoms with Crippen LogP contribution in [-0.2, 0) is 9.53 Å². The molecule has 0 unspecified atom stereocenters. The smallest absolute Gasteiger partial charge is 0.338 e. The van der Waals surface area contributed by atoms with Gasteiger partial charge >= 0.3 is 12.0 Å². The van der Waals surface area contributed by atoms with Gasteiger partial charge in [-0.05, 0) is 37.3 Å². The van der Waals surface area contributed by atoms with Crippen LogP contribution in [0.15, 0.2) is 59.8 Å². The van der Waals surface area contributed by atoms with Crippen molar-refractivity contribution in [1.82, 2.24) is 15.5 Å². The molecule has 0 aromatic heterocycles. The van der Waals surface area contributed by atoms with E-state index in [9.17, 15) is 9.59 Å². The van der Waals surface area contributed by atoms with Crippen LogP contribution in [0.1, 0.15) is 18.5 Å². The Labute approximate surface area is 205 Å². The minimum atomic E-state index is -0.672. The van der Waals surface area contributed by atoms with E-state index in [0.29, 0.717) is 35.7 Å². The highest BCUT2D eigenvalue weighted by Gasteiger charge is 2.35. The van der Waals surface area contributed by atoms with Gasteiger partial charge in [-0.2, -0.15) is 0 Å². The first kappa shape index (κ1) is 24.4. The Morgan fingerprint density at radius 3 is 2.40 bits per heavy atom. The minimum Gasteiger partial charge on any atom is -0.497 e. The van der Waals surface area contributed by atoms with E-state index in [-0.39, 0.29) is 6.03 Å². The van der Waals surface area contributed by atoms with Crippen LogP contribution in [0.3, 0.4) is 0 Å². The third kappa shape index (κ3) is 5.51. The largest absolute Gasteiger partial charge is 0.497 e. The van der Waals surface area contributed by atoms with E-state index < -0.39 is 12.0 Å². The summed E-state index contributed by atoms with van der Waals surface area (Å²) in [6.45, 7) is 6.03. The average Bonchev–Trinajstić information content (AvgIpc) is 2.89. The number of amides is 2. The number of anilines is 1. The van der Waals surface area contributed by atoms with Crippen molar-refractivity contribution in [3.8, 4) is 11.5 Å². The average molecular weight is 481 g/mol. The van der Waals surface area contributed by atoms with E-state index in [1.807, 2.05) is 43.3 Å². The van der Waals surface area contributed by atoms with Gasteiger partial charge in [-0.1, -0.05) is 18.2 Å². The van der Waals surface area contributed by atoms with Gasteiger partial charge in [0.15, 0.2) is 0 Å². The Hall–Kier alpha value is -3.72. The van der Waals surface area contributed by atoms with Gasteiger partial charge in [0.05, 0.1) is 32.4 Å².